The van der Waals surface area contributed by atoms with Gasteiger partial charge < -0.3 is 16.6 Å². The van der Waals surface area contributed by atoms with E-state index in [0.29, 0.717) is 0 Å². The molecule has 0 spiro atoms. The Morgan fingerprint density at radius 3 is 2.14 bits per heavy atom. The van der Waals surface area contributed by atoms with Gasteiger partial charge in [-0.3, -0.25) is 0 Å². The molecule has 0 aliphatic carbocycles. The minimum atomic E-state index is -1.19. The summed E-state index contributed by atoms with van der Waals surface area (Å²) in [7, 11) is 0. The van der Waals surface area contributed by atoms with E-state index in [4.69, 9.17) is 16.6 Å². The van der Waals surface area contributed by atoms with Gasteiger partial charge in [0.05, 0.1) is 0 Å². The third-order valence-electron chi connectivity index (χ3n) is 0.427. The first kappa shape index (κ1) is 5.81. The first-order chi connectivity index (χ1) is 3.18. The minimum Gasteiger partial charge on any atom is -0.477 e. The van der Waals surface area contributed by atoms with Crippen LogP contribution in [0.1, 0.15) is 0 Å². The van der Waals surface area contributed by atoms with Gasteiger partial charge >= 0.3 is 5.97 Å². The molecule has 0 fully saturated rings. The maximum atomic E-state index is 9.66. The highest BCUT2D eigenvalue weighted by molar-refractivity contribution is 5.85. The van der Waals surface area contributed by atoms with Crippen LogP contribution in [0, 0.1) is 0 Å². The SMILES string of the molecule is NC=C(N)C(=O)O. The standard InChI is InChI=1S/C3H6N2O2/c4-1-2(5)3(6)7/h1H,4-5H2,(H,6,7). The van der Waals surface area contributed by atoms with Crippen LogP contribution in [0.4, 0.5) is 0 Å². The van der Waals surface area contributed by atoms with Crippen LogP contribution in [0.25, 0.3) is 0 Å². The summed E-state index contributed by atoms with van der Waals surface area (Å²) in [6.45, 7) is 0. The van der Waals surface area contributed by atoms with Crippen molar-refractivity contribution < 1.29 is 9.90 Å². The lowest BCUT2D eigenvalue weighted by atomic mass is 10.5. The van der Waals surface area contributed by atoms with Gasteiger partial charge in [-0.15, -0.1) is 0 Å². The molecular formula is C3H6N2O2. The van der Waals surface area contributed by atoms with E-state index in [1.165, 1.54) is 0 Å². The third-order valence-corrected chi connectivity index (χ3v) is 0.427. The molecule has 0 aromatic carbocycles. The Kier molecular flexibility index (Phi) is 1.72. The lowest BCUT2D eigenvalue weighted by Crippen LogP contribution is -2.11. The van der Waals surface area contributed by atoms with Crippen molar-refractivity contribution in [2.45, 2.75) is 0 Å². The normalized spacial score (nSPS) is 11.1. The van der Waals surface area contributed by atoms with Gasteiger partial charge in [0.25, 0.3) is 0 Å². The molecule has 7 heavy (non-hydrogen) atoms. The summed E-state index contributed by atoms with van der Waals surface area (Å²) in [5.74, 6) is -1.19. The quantitative estimate of drug-likeness (QED) is 0.364. The summed E-state index contributed by atoms with van der Waals surface area (Å²) in [5.41, 5.74) is 9.12. The van der Waals surface area contributed by atoms with Gasteiger partial charge in [0.2, 0.25) is 0 Å². The molecule has 4 nitrogen and oxygen atoms in total. The lowest BCUT2D eigenvalue weighted by molar-refractivity contribution is -0.132. The highest BCUT2D eigenvalue weighted by Crippen LogP contribution is 1.73. The molecule has 0 radical (unpaired) electrons. The molecule has 40 valence electrons. The molecule has 0 aliphatic rings. The Bertz CT molecular complexity index is 108. The van der Waals surface area contributed by atoms with Crippen molar-refractivity contribution in [1.82, 2.24) is 0 Å². The average molecular weight is 102 g/mol. The molecule has 0 bridgehead atoms. The van der Waals surface area contributed by atoms with Gasteiger partial charge in [-0.25, -0.2) is 4.79 Å². The second kappa shape index (κ2) is 2.07. The lowest BCUT2D eigenvalue weighted by Gasteiger charge is -1.84. The average Bonchev–Trinajstić information content (AvgIpc) is 1.65. The van der Waals surface area contributed by atoms with Crippen molar-refractivity contribution in [2.24, 2.45) is 11.5 Å². The molecule has 0 unspecified atom stereocenters. The molecule has 0 atom stereocenters. The van der Waals surface area contributed by atoms with E-state index in [9.17, 15) is 4.79 Å². The fourth-order valence-corrected chi connectivity index (χ4v) is 0.0713. The molecule has 4 heteroatoms. The monoisotopic (exact) mass is 102 g/mol. The highest BCUT2D eigenvalue weighted by Gasteiger charge is 1.95. The van der Waals surface area contributed by atoms with E-state index in [1.54, 1.807) is 0 Å². The number of carboxylic acids is 1. The van der Waals surface area contributed by atoms with E-state index in [1.807, 2.05) is 0 Å². The zero-order valence-electron chi connectivity index (χ0n) is 3.59. The van der Waals surface area contributed by atoms with E-state index in [0.717, 1.165) is 6.20 Å². The topological polar surface area (TPSA) is 89.3 Å². The Hall–Kier alpha value is -1.19. The maximum absolute atomic E-state index is 9.66. The van der Waals surface area contributed by atoms with E-state index in [2.05, 4.69) is 0 Å². The van der Waals surface area contributed by atoms with Crippen LogP contribution in [-0.2, 0) is 4.79 Å². The van der Waals surface area contributed by atoms with Gasteiger partial charge in [-0.05, 0) is 0 Å². The van der Waals surface area contributed by atoms with Crippen LogP contribution in [0.3, 0.4) is 0 Å². The van der Waals surface area contributed by atoms with E-state index in [-0.39, 0.29) is 5.70 Å². The molecule has 0 saturated heterocycles. The number of aliphatic carboxylic acids is 1. The number of nitrogens with two attached hydrogens (primary N) is 2. The maximum Gasteiger partial charge on any atom is 0.353 e. The number of carboxylic acid groups (broad SMARTS) is 1. The largest absolute Gasteiger partial charge is 0.477 e. The van der Waals surface area contributed by atoms with Crippen molar-refractivity contribution in [3.05, 3.63) is 11.9 Å². The van der Waals surface area contributed by atoms with Crippen LogP contribution in [0.15, 0.2) is 11.9 Å². The first-order valence-electron chi connectivity index (χ1n) is 1.59. The zero-order chi connectivity index (χ0) is 5.86. The fourth-order valence-electron chi connectivity index (χ4n) is 0.0713. The second-order valence-corrected chi connectivity index (χ2v) is 0.927. The van der Waals surface area contributed by atoms with Gasteiger partial charge in [0.1, 0.15) is 5.70 Å². The number of hydrogen-bond donors (Lipinski definition) is 3. The Morgan fingerprint density at radius 2 is 2.14 bits per heavy atom. The summed E-state index contributed by atoms with van der Waals surface area (Å²) in [6.07, 6.45) is 0.836. The Balaban J connectivity index is 3.82. The van der Waals surface area contributed by atoms with Crippen molar-refractivity contribution in [3.63, 3.8) is 0 Å². The summed E-state index contributed by atoms with van der Waals surface area (Å²) < 4.78 is 0. The van der Waals surface area contributed by atoms with Crippen molar-refractivity contribution in [2.75, 3.05) is 0 Å². The molecule has 0 aromatic heterocycles. The third kappa shape index (κ3) is 1.64. The number of rotatable bonds is 1. The van der Waals surface area contributed by atoms with Crippen molar-refractivity contribution in [1.29, 1.82) is 0 Å². The molecule has 5 N–H and O–H groups in total. The molecule has 0 aliphatic heterocycles. The molecule has 0 aromatic rings. The van der Waals surface area contributed by atoms with Crippen molar-refractivity contribution in [3.8, 4) is 0 Å². The van der Waals surface area contributed by atoms with Crippen molar-refractivity contribution >= 4 is 5.97 Å². The van der Waals surface area contributed by atoms with Gasteiger partial charge in [-0.1, -0.05) is 0 Å². The Morgan fingerprint density at radius 1 is 1.71 bits per heavy atom. The fraction of sp³-hybridized carbons (Fsp3) is 0. The Labute approximate surface area is 40.4 Å². The van der Waals surface area contributed by atoms with Crippen LogP contribution < -0.4 is 11.5 Å². The highest BCUT2D eigenvalue weighted by atomic mass is 16.4. The van der Waals surface area contributed by atoms with Crippen LogP contribution in [-0.4, -0.2) is 11.1 Å². The van der Waals surface area contributed by atoms with Crippen LogP contribution in [0.5, 0.6) is 0 Å². The minimum absolute atomic E-state index is 0.333. The first-order valence-corrected chi connectivity index (χ1v) is 1.59. The van der Waals surface area contributed by atoms with Crippen LogP contribution in [0.2, 0.25) is 0 Å². The van der Waals surface area contributed by atoms with Gasteiger partial charge in [0, 0.05) is 6.20 Å². The van der Waals surface area contributed by atoms with E-state index < -0.39 is 5.97 Å². The molecule has 0 heterocycles. The summed E-state index contributed by atoms with van der Waals surface area (Å²) in [4.78, 5) is 9.66. The number of carbonyl (C=O) groups is 1. The van der Waals surface area contributed by atoms with Crippen LogP contribution >= 0.6 is 0 Å². The predicted molar refractivity (Wildman–Crippen MR) is 24.1 cm³/mol. The summed E-state index contributed by atoms with van der Waals surface area (Å²) in [5, 5.41) is 7.91. The van der Waals surface area contributed by atoms with E-state index >= 15 is 0 Å². The summed E-state index contributed by atoms with van der Waals surface area (Å²) >= 11 is 0. The predicted octanol–water partition coefficient (Wildman–Crippen LogP) is -1.17. The smallest absolute Gasteiger partial charge is 0.353 e. The van der Waals surface area contributed by atoms with Gasteiger partial charge in [-0.2, -0.15) is 0 Å². The second-order valence-electron chi connectivity index (χ2n) is 0.927. The zero-order valence-corrected chi connectivity index (χ0v) is 3.59. The molecule has 0 saturated carbocycles. The molecule has 0 rings (SSSR count). The number of hydrogen-bond acceptors (Lipinski definition) is 3. The van der Waals surface area contributed by atoms with Gasteiger partial charge in [0.15, 0.2) is 0 Å². The summed E-state index contributed by atoms with van der Waals surface area (Å²) in [6, 6.07) is 0. The molecular weight excluding hydrogens is 96.0 g/mol. The molecule has 0 amide bonds.